The number of piperidine rings is 3. The van der Waals surface area contributed by atoms with Gasteiger partial charge in [0.25, 0.3) is 0 Å². The molecule has 4 rings (SSSR count). The number of nitrogens with zero attached hydrogens (tertiary/aromatic N) is 2. The van der Waals surface area contributed by atoms with Crippen LogP contribution in [-0.4, -0.2) is 49.8 Å². The number of benzene rings is 1. The van der Waals surface area contributed by atoms with Gasteiger partial charge in [-0.3, -0.25) is 4.90 Å². The normalized spacial score (nSPS) is 28.5. The summed E-state index contributed by atoms with van der Waals surface area (Å²) in [7, 11) is 4.09. The summed E-state index contributed by atoms with van der Waals surface area (Å²) < 4.78 is 0. The summed E-state index contributed by atoms with van der Waals surface area (Å²) in [5, 5.41) is 7.44. The van der Waals surface area contributed by atoms with Crippen LogP contribution in [0.1, 0.15) is 26.2 Å². The van der Waals surface area contributed by atoms with E-state index >= 15 is 0 Å². The molecule has 5 heteroatoms. The molecule has 2 N–H and O–H groups in total. The van der Waals surface area contributed by atoms with Crippen molar-refractivity contribution in [1.29, 1.82) is 0 Å². The number of hydrogen-bond acceptors (Lipinski definition) is 3. The molecule has 24 heavy (non-hydrogen) atoms. The second-order valence-corrected chi connectivity index (χ2v) is 7.79. The molecule has 3 fully saturated rings. The van der Waals surface area contributed by atoms with Crippen molar-refractivity contribution in [2.45, 2.75) is 32.2 Å². The van der Waals surface area contributed by atoms with Crippen molar-refractivity contribution in [3.05, 3.63) is 24.3 Å². The highest BCUT2D eigenvalue weighted by atomic mass is 32.1. The minimum absolute atomic E-state index is 0.641. The zero-order valence-electron chi connectivity index (χ0n) is 15.1. The maximum atomic E-state index is 5.47. The number of rotatable bonds is 5. The molecular formula is C19H30N4S. The van der Waals surface area contributed by atoms with E-state index in [1.807, 2.05) is 14.1 Å². The summed E-state index contributed by atoms with van der Waals surface area (Å²) in [6.45, 7) is 5.83. The van der Waals surface area contributed by atoms with Crippen LogP contribution < -0.4 is 15.5 Å². The lowest BCUT2D eigenvalue weighted by Gasteiger charge is -2.50. The van der Waals surface area contributed by atoms with E-state index in [0.717, 1.165) is 29.2 Å². The maximum absolute atomic E-state index is 5.47. The predicted octanol–water partition coefficient (Wildman–Crippen LogP) is 3.16. The smallest absolute Gasteiger partial charge is 0.170 e. The average Bonchev–Trinajstić information content (AvgIpc) is 2.60. The quantitative estimate of drug-likeness (QED) is 0.800. The van der Waals surface area contributed by atoms with Crippen molar-refractivity contribution in [2.75, 3.05) is 43.9 Å². The molecule has 0 amide bonds. The third-order valence-corrected chi connectivity index (χ3v) is 5.92. The van der Waals surface area contributed by atoms with Crippen molar-refractivity contribution in [2.24, 2.45) is 11.8 Å². The number of hydrogen-bond donors (Lipinski definition) is 2. The van der Waals surface area contributed by atoms with Gasteiger partial charge in [-0.05, 0) is 67.7 Å². The topological polar surface area (TPSA) is 30.5 Å². The lowest BCUT2D eigenvalue weighted by Crippen LogP contribution is -2.56. The first-order valence-corrected chi connectivity index (χ1v) is 9.54. The van der Waals surface area contributed by atoms with Crippen LogP contribution in [0.5, 0.6) is 0 Å². The van der Waals surface area contributed by atoms with Gasteiger partial charge < -0.3 is 15.5 Å². The van der Waals surface area contributed by atoms with E-state index in [0.29, 0.717) is 6.04 Å². The number of fused-ring (bicyclic) bond motifs is 3. The van der Waals surface area contributed by atoms with Crippen LogP contribution in [-0.2, 0) is 0 Å². The first-order chi connectivity index (χ1) is 11.6. The van der Waals surface area contributed by atoms with Crippen LogP contribution in [0, 0.1) is 11.8 Å². The van der Waals surface area contributed by atoms with Gasteiger partial charge >= 0.3 is 0 Å². The van der Waals surface area contributed by atoms with Crippen molar-refractivity contribution >= 4 is 28.7 Å². The van der Waals surface area contributed by atoms with Crippen LogP contribution >= 0.6 is 12.2 Å². The zero-order chi connectivity index (χ0) is 17.1. The molecule has 3 aliphatic heterocycles. The molecule has 0 spiro atoms. The van der Waals surface area contributed by atoms with Crippen molar-refractivity contribution in [3.63, 3.8) is 0 Å². The summed E-state index contributed by atoms with van der Waals surface area (Å²) in [5.74, 6) is 1.84. The molecule has 1 aromatic carbocycles. The molecule has 132 valence electrons. The molecule has 3 aliphatic rings. The van der Waals surface area contributed by atoms with Gasteiger partial charge in [0.05, 0.1) is 0 Å². The van der Waals surface area contributed by atoms with Gasteiger partial charge in [-0.2, -0.15) is 0 Å². The summed E-state index contributed by atoms with van der Waals surface area (Å²) in [6, 6.07) is 8.98. The van der Waals surface area contributed by atoms with Crippen LogP contribution in [0.4, 0.5) is 11.4 Å². The largest absolute Gasteiger partial charge is 0.378 e. The molecule has 4 atom stereocenters. The summed E-state index contributed by atoms with van der Waals surface area (Å²) >= 11 is 5.47. The van der Waals surface area contributed by atoms with E-state index in [4.69, 9.17) is 12.2 Å². The number of thiocarbonyl (C=S) groups is 1. The molecule has 2 bridgehead atoms. The maximum Gasteiger partial charge on any atom is 0.170 e. The van der Waals surface area contributed by atoms with E-state index < -0.39 is 0 Å². The molecule has 0 aliphatic carbocycles. The van der Waals surface area contributed by atoms with Gasteiger partial charge in [0.2, 0.25) is 0 Å². The van der Waals surface area contributed by atoms with Gasteiger partial charge in [0, 0.05) is 44.6 Å². The highest BCUT2D eigenvalue weighted by Crippen LogP contribution is 2.37. The van der Waals surface area contributed by atoms with Crippen molar-refractivity contribution in [1.82, 2.24) is 10.2 Å². The first kappa shape index (κ1) is 17.5. The minimum Gasteiger partial charge on any atom is -0.378 e. The number of anilines is 2. The molecular weight excluding hydrogens is 316 g/mol. The fourth-order valence-electron chi connectivity index (χ4n) is 4.15. The molecule has 4 unspecified atom stereocenters. The number of nitrogens with one attached hydrogen (secondary N) is 2. The van der Waals surface area contributed by atoms with Gasteiger partial charge in [-0.25, -0.2) is 0 Å². The second kappa shape index (κ2) is 7.70. The Morgan fingerprint density at radius 1 is 1.29 bits per heavy atom. The van der Waals surface area contributed by atoms with E-state index in [9.17, 15) is 0 Å². The highest BCUT2D eigenvalue weighted by Gasteiger charge is 2.38. The molecule has 3 heterocycles. The van der Waals surface area contributed by atoms with Crippen LogP contribution in [0.25, 0.3) is 0 Å². The Hall–Kier alpha value is -1.33. The van der Waals surface area contributed by atoms with Gasteiger partial charge in [-0.1, -0.05) is 13.3 Å². The SMILES string of the molecule is CCC1CN2CCC1CC2CNC(=S)Nc1ccc(N(C)C)cc1. The molecule has 3 saturated heterocycles. The predicted molar refractivity (Wildman–Crippen MR) is 107 cm³/mol. The van der Waals surface area contributed by atoms with E-state index in [1.165, 1.54) is 38.0 Å². The standard InChI is InChI=1S/C19H30N4S/c1-4-14-13-23-10-9-15(14)11-18(23)12-20-19(24)21-16-5-7-17(8-6-16)22(2)3/h5-8,14-15,18H,4,9-13H2,1-3H3,(H2,20,21,24). The van der Waals surface area contributed by atoms with Gasteiger partial charge in [-0.15, -0.1) is 0 Å². The van der Waals surface area contributed by atoms with E-state index in [2.05, 4.69) is 51.6 Å². The van der Waals surface area contributed by atoms with E-state index in [1.54, 1.807) is 0 Å². The lowest BCUT2D eigenvalue weighted by molar-refractivity contribution is 0.00212. The highest BCUT2D eigenvalue weighted by molar-refractivity contribution is 7.80. The van der Waals surface area contributed by atoms with E-state index in [-0.39, 0.29) is 0 Å². The van der Waals surface area contributed by atoms with Gasteiger partial charge in [0.1, 0.15) is 0 Å². The second-order valence-electron chi connectivity index (χ2n) is 7.38. The first-order valence-electron chi connectivity index (χ1n) is 9.13. The Kier molecular flexibility index (Phi) is 5.61. The molecule has 0 aromatic heterocycles. The van der Waals surface area contributed by atoms with Crippen LogP contribution in [0.3, 0.4) is 0 Å². The minimum atomic E-state index is 0.641. The van der Waals surface area contributed by atoms with Crippen molar-refractivity contribution in [3.8, 4) is 0 Å². The zero-order valence-corrected chi connectivity index (χ0v) is 15.9. The fourth-order valence-corrected chi connectivity index (χ4v) is 4.35. The van der Waals surface area contributed by atoms with Crippen molar-refractivity contribution < 1.29 is 0 Å². The Bertz CT molecular complexity index is 557. The summed E-state index contributed by atoms with van der Waals surface area (Å²) in [6.07, 6.45) is 4.03. The summed E-state index contributed by atoms with van der Waals surface area (Å²) in [4.78, 5) is 4.76. The molecule has 0 saturated carbocycles. The average molecular weight is 347 g/mol. The van der Waals surface area contributed by atoms with Crippen LogP contribution in [0.15, 0.2) is 24.3 Å². The third kappa shape index (κ3) is 4.01. The summed E-state index contributed by atoms with van der Waals surface area (Å²) in [5.41, 5.74) is 2.23. The van der Waals surface area contributed by atoms with Crippen LogP contribution in [0.2, 0.25) is 0 Å². The Morgan fingerprint density at radius 3 is 2.62 bits per heavy atom. The van der Waals surface area contributed by atoms with Gasteiger partial charge in [0.15, 0.2) is 5.11 Å². The molecule has 1 aromatic rings. The third-order valence-electron chi connectivity index (χ3n) is 5.68. The monoisotopic (exact) mass is 346 g/mol. The Labute approximate surface area is 151 Å². The molecule has 0 radical (unpaired) electrons. The Balaban J connectivity index is 1.46. The molecule has 4 nitrogen and oxygen atoms in total. The fraction of sp³-hybridized carbons (Fsp3) is 0.632. The lowest BCUT2D eigenvalue weighted by atomic mass is 9.74. The Morgan fingerprint density at radius 2 is 2.04 bits per heavy atom.